The number of esters is 1. The van der Waals surface area contributed by atoms with Gasteiger partial charge in [0, 0.05) is 11.4 Å². The van der Waals surface area contributed by atoms with Gasteiger partial charge in [-0.05, 0) is 31.4 Å². The summed E-state index contributed by atoms with van der Waals surface area (Å²) in [4.78, 5) is 44.3. The standard InChI is InChI=1S/C26H32BrClN2O6/c1-5-11-29(17-10-8-7-9-16(17)28)24(33)22-26-12-15(27)21(36-26)19(25(34)35-6-2)20(26)23(32)30(22)18(13-31)14(3)4/h5,7-10,14-15,18-22,31H,1,6,11-13H2,2-4H3/t15?,18-,19-,20+,21-,22-,26+/m0/s1. The molecule has 1 N–H and O–H groups in total. The van der Waals surface area contributed by atoms with E-state index in [1.165, 1.54) is 9.80 Å². The number of amides is 2. The summed E-state index contributed by atoms with van der Waals surface area (Å²) in [6, 6.07) is 5.24. The molecule has 3 saturated heterocycles. The predicted molar refractivity (Wildman–Crippen MR) is 139 cm³/mol. The number of nitrogens with zero attached hydrogens (tertiary/aromatic N) is 2. The summed E-state index contributed by atoms with van der Waals surface area (Å²) in [6.07, 6.45) is 1.35. The van der Waals surface area contributed by atoms with E-state index < -0.39 is 47.5 Å². The van der Waals surface area contributed by atoms with E-state index in [4.69, 9.17) is 21.1 Å². The van der Waals surface area contributed by atoms with Gasteiger partial charge in [0.2, 0.25) is 5.91 Å². The molecule has 1 unspecified atom stereocenters. The molecule has 0 saturated carbocycles. The number of halogens is 2. The number of aliphatic hydroxyl groups excluding tert-OH is 1. The van der Waals surface area contributed by atoms with Gasteiger partial charge in [0.15, 0.2) is 0 Å². The Morgan fingerprint density at radius 1 is 1.42 bits per heavy atom. The lowest BCUT2D eigenvalue weighted by atomic mass is 9.70. The number of benzene rings is 1. The average molecular weight is 584 g/mol. The molecule has 3 fully saturated rings. The number of alkyl halides is 1. The van der Waals surface area contributed by atoms with Crippen molar-refractivity contribution < 1.29 is 29.0 Å². The van der Waals surface area contributed by atoms with Gasteiger partial charge in [-0.2, -0.15) is 0 Å². The third kappa shape index (κ3) is 4.08. The fourth-order valence-electron chi connectivity index (χ4n) is 6.09. The van der Waals surface area contributed by atoms with Crippen LogP contribution in [0.1, 0.15) is 27.2 Å². The first kappa shape index (κ1) is 27.1. The molecule has 3 aliphatic rings. The van der Waals surface area contributed by atoms with Crippen LogP contribution in [0.15, 0.2) is 36.9 Å². The molecule has 0 aromatic heterocycles. The summed E-state index contributed by atoms with van der Waals surface area (Å²) < 4.78 is 11.8. The minimum atomic E-state index is -1.26. The second-order valence-corrected chi connectivity index (χ2v) is 11.4. The smallest absolute Gasteiger partial charge is 0.312 e. The molecule has 2 amide bonds. The molecule has 0 aliphatic carbocycles. The molecule has 1 aromatic rings. The second kappa shape index (κ2) is 10.4. The molecule has 196 valence electrons. The van der Waals surface area contributed by atoms with Crippen LogP contribution in [-0.2, 0) is 23.9 Å². The fraction of sp³-hybridized carbons (Fsp3) is 0.577. The lowest BCUT2D eigenvalue weighted by Gasteiger charge is -2.40. The molecule has 3 aliphatic heterocycles. The third-order valence-corrected chi connectivity index (χ3v) is 8.72. The summed E-state index contributed by atoms with van der Waals surface area (Å²) in [5.41, 5.74) is -0.778. The van der Waals surface area contributed by atoms with Crippen molar-refractivity contribution in [2.45, 2.75) is 55.8 Å². The highest BCUT2D eigenvalue weighted by Gasteiger charge is 2.77. The van der Waals surface area contributed by atoms with Crippen LogP contribution in [0.2, 0.25) is 5.02 Å². The van der Waals surface area contributed by atoms with Crippen molar-refractivity contribution in [3.05, 3.63) is 41.9 Å². The van der Waals surface area contributed by atoms with Crippen LogP contribution < -0.4 is 4.90 Å². The van der Waals surface area contributed by atoms with Crippen molar-refractivity contribution >= 4 is 51.0 Å². The van der Waals surface area contributed by atoms with Gasteiger partial charge < -0.3 is 24.4 Å². The van der Waals surface area contributed by atoms with E-state index in [0.29, 0.717) is 17.1 Å². The van der Waals surface area contributed by atoms with E-state index in [-0.39, 0.29) is 36.4 Å². The zero-order valence-corrected chi connectivity index (χ0v) is 22.9. The van der Waals surface area contributed by atoms with E-state index in [0.717, 1.165) is 0 Å². The molecular weight excluding hydrogens is 552 g/mol. The van der Waals surface area contributed by atoms with E-state index in [9.17, 15) is 19.5 Å². The normalized spacial score (nSPS) is 31.5. The molecule has 2 bridgehead atoms. The average Bonchev–Trinajstić information content (AvgIpc) is 3.42. The quantitative estimate of drug-likeness (QED) is 0.273. The Morgan fingerprint density at radius 2 is 2.11 bits per heavy atom. The van der Waals surface area contributed by atoms with E-state index in [1.54, 1.807) is 37.3 Å². The highest BCUT2D eigenvalue weighted by atomic mass is 79.9. The van der Waals surface area contributed by atoms with Gasteiger partial charge in [0.1, 0.15) is 11.6 Å². The summed E-state index contributed by atoms with van der Waals surface area (Å²) >= 11 is 10.1. The molecule has 1 spiro atoms. The van der Waals surface area contributed by atoms with Crippen LogP contribution in [0.3, 0.4) is 0 Å². The van der Waals surface area contributed by atoms with Crippen LogP contribution in [0.5, 0.6) is 0 Å². The van der Waals surface area contributed by atoms with Gasteiger partial charge in [0.25, 0.3) is 5.91 Å². The third-order valence-electron chi connectivity index (χ3n) is 7.55. The maximum atomic E-state index is 14.5. The summed E-state index contributed by atoms with van der Waals surface area (Å²) in [6.45, 7) is 9.25. The number of hydrogen-bond donors (Lipinski definition) is 1. The van der Waals surface area contributed by atoms with E-state index >= 15 is 0 Å². The number of rotatable bonds is 9. The van der Waals surface area contributed by atoms with Gasteiger partial charge in [-0.25, -0.2) is 0 Å². The molecule has 0 radical (unpaired) electrons. The van der Waals surface area contributed by atoms with Crippen molar-refractivity contribution in [3.63, 3.8) is 0 Å². The molecule has 7 atom stereocenters. The van der Waals surface area contributed by atoms with Gasteiger partial charge in [-0.3, -0.25) is 14.4 Å². The molecule has 4 rings (SSSR count). The Labute approximate surface area is 224 Å². The van der Waals surface area contributed by atoms with Crippen molar-refractivity contribution in [2.75, 3.05) is 24.7 Å². The number of aliphatic hydroxyl groups is 1. The van der Waals surface area contributed by atoms with Gasteiger partial charge >= 0.3 is 5.97 Å². The highest BCUT2D eigenvalue weighted by Crippen LogP contribution is 2.61. The van der Waals surface area contributed by atoms with Crippen molar-refractivity contribution in [1.29, 1.82) is 0 Å². The highest BCUT2D eigenvalue weighted by molar-refractivity contribution is 9.09. The number of fused-ring (bicyclic) bond motifs is 1. The van der Waals surface area contributed by atoms with Gasteiger partial charge in [-0.1, -0.05) is 59.6 Å². The number of carbonyl (C=O) groups excluding carboxylic acids is 3. The Hall–Kier alpha value is -1.94. The van der Waals surface area contributed by atoms with Crippen molar-refractivity contribution in [1.82, 2.24) is 4.90 Å². The number of hydrogen-bond acceptors (Lipinski definition) is 6. The molecule has 36 heavy (non-hydrogen) atoms. The van der Waals surface area contributed by atoms with Crippen LogP contribution in [0.25, 0.3) is 0 Å². The number of ether oxygens (including phenoxy) is 2. The molecule has 8 nitrogen and oxygen atoms in total. The number of carbonyl (C=O) groups is 3. The van der Waals surface area contributed by atoms with Gasteiger partial charge in [-0.15, -0.1) is 6.58 Å². The van der Waals surface area contributed by atoms with E-state index in [2.05, 4.69) is 22.5 Å². The lowest BCUT2D eigenvalue weighted by molar-refractivity contribution is -0.155. The lowest BCUT2D eigenvalue weighted by Crippen LogP contribution is -2.60. The molecule has 1 aromatic carbocycles. The zero-order valence-electron chi connectivity index (χ0n) is 20.6. The Morgan fingerprint density at radius 3 is 2.69 bits per heavy atom. The Balaban J connectivity index is 1.87. The monoisotopic (exact) mass is 582 g/mol. The largest absolute Gasteiger partial charge is 0.466 e. The first-order valence-corrected chi connectivity index (χ1v) is 13.5. The molecule has 3 heterocycles. The van der Waals surface area contributed by atoms with E-state index in [1.807, 2.05) is 13.8 Å². The Bertz CT molecular complexity index is 1050. The maximum Gasteiger partial charge on any atom is 0.312 e. The van der Waals surface area contributed by atoms with Crippen molar-refractivity contribution in [3.8, 4) is 0 Å². The SMILES string of the molecule is C=CCN(C(=O)[C@@H]1N([C@@H](CO)C(C)C)C(=O)[C@H]2[C@H](C(=O)OCC)[C@H]3O[C@@]12CC3Br)c1ccccc1Cl. The van der Waals surface area contributed by atoms with Gasteiger partial charge in [0.05, 0.1) is 47.9 Å². The summed E-state index contributed by atoms with van der Waals surface area (Å²) in [5, 5.41) is 10.7. The number of anilines is 1. The maximum absolute atomic E-state index is 14.5. The molecule has 10 heteroatoms. The fourth-order valence-corrected chi connectivity index (χ4v) is 7.27. The number of para-hydroxylation sites is 1. The van der Waals surface area contributed by atoms with Crippen LogP contribution >= 0.6 is 27.5 Å². The minimum Gasteiger partial charge on any atom is -0.466 e. The molecular formula is C26H32BrClN2O6. The van der Waals surface area contributed by atoms with Crippen LogP contribution in [-0.4, -0.2) is 76.2 Å². The topological polar surface area (TPSA) is 96.4 Å². The Kier molecular flexibility index (Phi) is 7.86. The van der Waals surface area contributed by atoms with Crippen molar-refractivity contribution in [2.24, 2.45) is 17.8 Å². The summed E-state index contributed by atoms with van der Waals surface area (Å²) in [5.74, 6) is -3.19. The van der Waals surface area contributed by atoms with Crippen LogP contribution in [0, 0.1) is 17.8 Å². The summed E-state index contributed by atoms with van der Waals surface area (Å²) in [7, 11) is 0. The number of likely N-dealkylation sites (tertiary alicyclic amines) is 1. The zero-order chi connectivity index (χ0) is 26.4. The van der Waals surface area contributed by atoms with Crippen LogP contribution in [0.4, 0.5) is 5.69 Å². The first-order valence-electron chi connectivity index (χ1n) is 12.2. The second-order valence-electron chi connectivity index (χ2n) is 9.84. The first-order chi connectivity index (χ1) is 17.1. The predicted octanol–water partition coefficient (Wildman–Crippen LogP) is 3.19. The minimum absolute atomic E-state index is 0.149.